The summed E-state index contributed by atoms with van der Waals surface area (Å²) in [6.07, 6.45) is 2.80. The lowest BCUT2D eigenvalue weighted by Gasteiger charge is -2.17. The SMILES string of the molecule is CC1CCc2c(sc(NC(=O)COc3ccc([N+](=O)[O-])cc3Cl)c2C#N)C1. The first kappa shape index (κ1) is 19.1. The number of rotatable bonds is 5. The second-order valence-corrected chi connectivity index (χ2v) is 7.89. The summed E-state index contributed by atoms with van der Waals surface area (Å²) in [7, 11) is 0. The van der Waals surface area contributed by atoms with Crippen molar-refractivity contribution in [1.82, 2.24) is 0 Å². The summed E-state index contributed by atoms with van der Waals surface area (Å²) in [5.74, 6) is 0.323. The summed E-state index contributed by atoms with van der Waals surface area (Å²) in [5, 5.41) is 23.5. The van der Waals surface area contributed by atoms with Gasteiger partial charge in [-0.05, 0) is 36.8 Å². The Kier molecular flexibility index (Phi) is 5.63. The van der Waals surface area contributed by atoms with E-state index in [-0.39, 0.29) is 23.1 Å². The number of fused-ring (bicyclic) bond motifs is 1. The van der Waals surface area contributed by atoms with Crippen LogP contribution in [-0.2, 0) is 17.6 Å². The number of hydrogen-bond acceptors (Lipinski definition) is 6. The first-order chi connectivity index (χ1) is 12.9. The maximum absolute atomic E-state index is 12.2. The van der Waals surface area contributed by atoms with Crippen LogP contribution >= 0.6 is 22.9 Å². The van der Waals surface area contributed by atoms with E-state index in [2.05, 4.69) is 18.3 Å². The number of non-ortho nitro benzene ring substituents is 1. The first-order valence-electron chi connectivity index (χ1n) is 8.30. The van der Waals surface area contributed by atoms with Gasteiger partial charge in [-0.3, -0.25) is 14.9 Å². The van der Waals surface area contributed by atoms with Gasteiger partial charge in [0.2, 0.25) is 0 Å². The van der Waals surface area contributed by atoms with E-state index in [1.54, 1.807) is 0 Å². The van der Waals surface area contributed by atoms with Gasteiger partial charge >= 0.3 is 0 Å². The summed E-state index contributed by atoms with van der Waals surface area (Å²) in [6, 6.07) is 5.96. The highest BCUT2D eigenvalue weighted by Gasteiger charge is 2.24. The monoisotopic (exact) mass is 405 g/mol. The van der Waals surface area contributed by atoms with Crippen LogP contribution in [0.15, 0.2) is 18.2 Å². The molecule has 0 bridgehead atoms. The number of nitrogens with one attached hydrogen (secondary N) is 1. The van der Waals surface area contributed by atoms with Gasteiger partial charge in [0.15, 0.2) is 6.61 Å². The fourth-order valence-electron chi connectivity index (χ4n) is 2.98. The van der Waals surface area contributed by atoms with E-state index in [0.29, 0.717) is 16.5 Å². The largest absolute Gasteiger partial charge is 0.482 e. The minimum absolute atomic E-state index is 0.0512. The van der Waals surface area contributed by atoms with Crippen molar-refractivity contribution in [3.63, 3.8) is 0 Å². The molecule has 1 unspecified atom stereocenters. The van der Waals surface area contributed by atoms with Crippen molar-refractivity contribution in [2.45, 2.75) is 26.2 Å². The fourth-order valence-corrected chi connectivity index (χ4v) is 4.59. The number of nitro groups is 1. The smallest absolute Gasteiger partial charge is 0.271 e. The summed E-state index contributed by atoms with van der Waals surface area (Å²) in [4.78, 5) is 23.5. The number of amides is 1. The fraction of sp³-hybridized carbons (Fsp3) is 0.333. The number of carbonyl (C=O) groups excluding carboxylic acids is 1. The number of nitrogens with zero attached hydrogens (tertiary/aromatic N) is 2. The molecule has 1 amide bonds. The average molecular weight is 406 g/mol. The topological polar surface area (TPSA) is 105 Å². The quantitative estimate of drug-likeness (QED) is 0.588. The maximum Gasteiger partial charge on any atom is 0.271 e. The number of ether oxygens (including phenoxy) is 1. The zero-order chi connectivity index (χ0) is 19.6. The molecule has 1 N–H and O–H groups in total. The number of thiophene rings is 1. The van der Waals surface area contributed by atoms with Gasteiger partial charge in [0, 0.05) is 17.0 Å². The van der Waals surface area contributed by atoms with Crippen LogP contribution in [0.25, 0.3) is 0 Å². The molecule has 1 aromatic carbocycles. The molecule has 7 nitrogen and oxygen atoms in total. The van der Waals surface area contributed by atoms with Gasteiger partial charge in [0.05, 0.1) is 15.5 Å². The van der Waals surface area contributed by atoms with Crippen LogP contribution < -0.4 is 10.1 Å². The Bertz CT molecular complexity index is 951. The van der Waals surface area contributed by atoms with Crippen molar-refractivity contribution in [2.24, 2.45) is 5.92 Å². The van der Waals surface area contributed by atoms with Crippen molar-refractivity contribution in [2.75, 3.05) is 11.9 Å². The lowest BCUT2D eigenvalue weighted by molar-refractivity contribution is -0.384. The molecule has 140 valence electrons. The molecule has 1 aliphatic carbocycles. The molecular weight excluding hydrogens is 390 g/mol. The van der Waals surface area contributed by atoms with Crippen LogP contribution in [-0.4, -0.2) is 17.4 Å². The van der Waals surface area contributed by atoms with E-state index in [1.165, 1.54) is 23.5 Å². The van der Waals surface area contributed by atoms with Gasteiger partial charge < -0.3 is 10.1 Å². The molecule has 27 heavy (non-hydrogen) atoms. The minimum atomic E-state index is -0.564. The molecule has 0 spiro atoms. The Morgan fingerprint density at radius 3 is 3.00 bits per heavy atom. The van der Waals surface area contributed by atoms with Gasteiger partial charge in [-0.1, -0.05) is 18.5 Å². The van der Waals surface area contributed by atoms with E-state index in [9.17, 15) is 20.2 Å². The minimum Gasteiger partial charge on any atom is -0.482 e. The van der Waals surface area contributed by atoms with Crippen LogP contribution in [0.3, 0.4) is 0 Å². The van der Waals surface area contributed by atoms with Gasteiger partial charge in [0.1, 0.15) is 16.8 Å². The Labute approximate surface area is 164 Å². The highest BCUT2D eigenvalue weighted by molar-refractivity contribution is 7.16. The van der Waals surface area contributed by atoms with E-state index >= 15 is 0 Å². The van der Waals surface area contributed by atoms with Crippen molar-refractivity contribution >= 4 is 39.5 Å². The first-order valence-corrected chi connectivity index (χ1v) is 9.49. The number of nitriles is 1. The van der Waals surface area contributed by atoms with Crippen LogP contribution in [0.4, 0.5) is 10.7 Å². The van der Waals surface area contributed by atoms with Crippen molar-refractivity contribution in [1.29, 1.82) is 5.26 Å². The number of nitro benzene ring substituents is 1. The Morgan fingerprint density at radius 1 is 1.56 bits per heavy atom. The number of hydrogen-bond donors (Lipinski definition) is 1. The molecular formula is C18H16ClN3O4S. The Morgan fingerprint density at radius 2 is 2.33 bits per heavy atom. The summed E-state index contributed by atoms with van der Waals surface area (Å²) in [6.45, 7) is 1.86. The number of anilines is 1. The van der Waals surface area contributed by atoms with Crippen molar-refractivity contribution in [3.05, 3.63) is 49.3 Å². The molecule has 1 atom stereocenters. The maximum atomic E-state index is 12.2. The summed E-state index contributed by atoms with van der Waals surface area (Å²) >= 11 is 7.38. The third-order valence-electron chi connectivity index (χ3n) is 4.36. The van der Waals surface area contributed by atoms with E-state index < -0.39 is 10.8 Å². The van der Waals surface area contributed by atoms with E-state index in [0.717, 1.165) is 35.8 Å². The summed E-state index contributed by atoms with van der Waals surface area (Å²) < 4.78 is 5.35. The van der Waals surface area contributed by atoms with Gasteiger partial charge in [-0.25, -0.2) is 0 Å². The Balaban J connectivity index is 1.67. The van der Waals surface area contributed by atoms with Crippen molar-refractivity contribution in [3.8, 4) is 11.8 Å². The molecule has 1 aliphatic rings. The van der Waals surface area contributed by atoms with Gasteiger partial charge in [0.25, 0.3) is 11.6 Å². The lowest BCUT2D eigenvalue weighted by atomic mass is 9.89. The lowest BCUT2D eigenvalue weighted by Crippen LogP contribution is -2.20. The molecule has 0 radical (unpaired) electrons. The highest BCUT2D eigenvalue weighted by Crippen LogP contribution is 2.39. The Hall–Kier alpha value is -2.63. The molecule has 0 saturated heterocycles. The normalized spacial score (nSPS) is 15.5. The zero-order valence-corrected chi connectivity index (χ0v) is 16.0. The van der Waals surface area contributed by atoms with Gasteiger partial charge in [-0.2, -0.15) is 5.26 Å². The highest BCUT2D eigenvalue weighted by atomic mass is 35.5. The molecule has 1 aromatic heterocycles. The molecule has 0 fully saturated rings. The predicted octanol–water partition coefficient (Wildman–Crippen LogP) is 4.32. The second kappa shape index (κ2) is 7.94. The molecule has 0 saturated carbocycles. The average Bonchev–Trinajstić information content (AvgIpc) is 2.96. The standard InChI is InChI=1S/C18H16ClN3O4S/c1-10-2-4-12-13(8-20)18(27-16(12)6-10)21-17(23)9-26-15-5-3-11(22(24)25)7-14(15)19/h3,5,7,10H,2,4,6,9H2,1H3,(H,21,23). The van der Waals surface area contributed by atoms with E-state index in [1.807, 2.05) is 0 Å². The molecule has 1 heterocycles. The molecule has 0 aliphatic heterocycles. The molecule has 2 aromatic rings. The third kappa shape index (κ3) is 4.21. The third-order valence-corrected chi connectivity index (χ3v) is 5.83. The predicted molar refractivity (Wildman–Crippen MR) is 102 cm³/mol. The number of halogens is 1. The molecule has 9 heteroatoms. The number of benzene rings is 1. The van der Waals surface area contributed by atoms with Crippen LogP contribution in [0.5, 0.6) is 5.75 Å². The van der Waals surface area contributed by atoms with Gasteiger partial charge in [-0.15, -0.1) is 11.3 Å². The van der Waals surface area contributed by atoms with Crippen LogP contribution in [0.2, 0.25) is 5.02 Å². The van der Waals surface area contributed by atoms with Crippen molar-refractivity contribution < 1.29 is 14.5 Å². The summed E-state index contributed by atoms with van der Waals surface area (Å²) in [5.41, 5.74) is 1.41. The zero-order valence-electron chi connectivity index (χ0n) is 14.5. The molecule has 3 rings (SSSR count). The van der Waals surface area contributed by atoms with Crippen LogP contribution in [0, 0.1) is 27.4 Å². The van der Waals surface area contributed by atoms with E-state index in [4.69, 9.17) is 16.3 Å². The number of carbonyl (C=O) groups is 1. The van der Waals surface area contributed by atoms with Crippen LogP contribution in [0.1, 0.15) is 29.3 Å². The second-order valence-electron chi connectivity index (χ2n) is 6.38.